The minimum Gasteiger partial charge on any atom is -0.341 e. The number of hydrogen-bond acceptors (Lipinski definition) is 4. The second-order valence-corrected chi connectivity index (χ2v) is 4.77. The van der Waals surface area contributed by atoms with Gasteiger partial charge < -0.3 is 14.4 Å². The quantitative estimate of drug-likeness (QED) is 0.917. The lowest BCUT2D eigenvalue weighted by atomic mass is 10.3. The summed E-state index contributed by atoms with van der Waals surface area (Å²) >= 11 is 0. The van der Waals surface area contributed by atoms with Crippen molar-refractivity contribution in [1.82, 2.24) is 20.0 Å². The molecular weight excluding hydrogens is 244 g/mol. The van der Waals surface area contributed by atoms with E-state index in [9.17, 15) is 4.79 Å². The van der Waals surface area contributed by atoms with Gasteiger partial charge in [-0.05, 0) is 39.8 Å². The van der Waals surface area contributed by atoms with E-state index in [1.165, 1.54) is 0 Å². The molecule has 2 aromatic rings. The molecule has 0 aliphatic carbocycles. The lowest BCUT2D eigenvalue weighted by Gasteiger charge is -2.14. The highest BCUT2D eigenvalue weighted by atomic mass is 16.5. The number of carbonyl (C=O) groups is 1. The van der Waals surface area contributed by atoms with Crippen LogP contribution in [0.2, 0.25) is 0 Å². The van der Waals surface area contributed by atoms with Crippen LogP contribution in [0.1, 0.15) is 55.1 Å². The number of rotatable bonds is 4. The summed E-state index contributed by atoms with van der Waals surface area (Å²) in [6.07, 6.45) is 1.89. The van der Waals surface area contributed by atoms with Crippen LogP contribution in [0.15, 0.2) is 22.9 Å². The molecular formula is C13H18N4O2. The number of aromatic nitrogens is 3. The molecule has 0 radical (unpaired) electrons. The van der Waals surface area contributed by atoms with Crippen molar-refractivity contribution in [1.29, 1.82) is 0 Å². The number of carbonyl (C=O) groups excluding carboxylic acids is 1. The molecule has 19 heavy (non-hydrogen) atoms. The number of amides is 1. The van der Waals surface area contributed by atoms with Crippen LogP contribution in [-0.4, -0.2) is 20.6 Å². The number of aryl methyl sites for hydroxylation is 1. The van der Waals surface area contributed by atoms with Crippen molar-refractivity contribution >= 4 is 5.91 Å². The lowest BCUT2D eigenvalue weighted by Crippen LogP contribution is -2.29. The molecule has 1 N–H and O–H groups in total. The number of nitrogens with one attached hydrogen (secondary N) is 1. The van der Waals surface area contributed by atoms with Crippen LogP contribution < -0.4 is 5.32 Å². The van der Waals surface area contributed by atoms with Crippen LogP contribution in [0.25, 0.3) is 0 Å². The van der Waals surface area contributed by atoms with Crippen molar-refractivity contribution in [3.05, 3.63) is 35.7 Å². The Morgan fingerprint density at radius 3 is 2.74 bits per heavy atom. The molecule has 2 heterocycles. The fourth-order valence-corrected chi connectivity index (χ4v) is 1.86. The minimum atomic E-state index is -0.316. The Kier molecular flexibility index (Phi) is 3.69. The first-order valence-electron chi connectivity index (χ1n) is 6.27. The molecule has 0 saturated carbocycles. The molecule has 1 unspecified atom stereocenters. The van der Waals surface area contributed by atoms with E-state index in [1.54, 1.807) is 13.0 Å². The third-order valence-electron chi connectivity index (χ3n) is 2.83. The van der Waals surface area contributed by atoms with Crippen LogP contribution in [0.4, 0.5) is 0 Å². The Balaban J connectivity index is 2.10. The Bertz CT molecular complexity index is 571. The molecule has 0 aliphatic heterocycles. The molecule has 0 spiro atoms. The molecule has 102 valence electrons. The molecule has 0 aromatic carbocycles. The maximum absolute atomic E-state index is 12.2. The van der Waals surface area contributed by atoms with Crippen molar-refractivity contribution in [3.63, 3.8) is 0 Å². The van der Waals surface area contributed by atoms with E-state index in [4.69, 9.17) is 4.52 Å². The SMILES string of the molecule is Cc1noc(C(C)NC(=O)c2cccn2C(C)C)n1. The van der Waals surface area contributed by atoms with E-state index in [-0.39, 0.29) is 18.0 Å². The first kappa shape index (κ1) is 13.3. The molecule has 2 rings (SSSR count). The zero-order valence-corrected chi connectivity index (χ0v) is 11.5. The van der Waals surface area contributed by atoms with Gasteiger partial charge in [0.25, 0.3) is 5.91 Å². The van der Waals surface area contributed by atoms with Crippen LogP contribution >= 0.6 is 0 Å². The zero-order valence-electron chi connectivity index (χ0n) is 11.5. The summed E-state index contributed by atoms with van der Waals surface area (Å²) in [6.45, 7) is 7.61. The summed E-state index contributed by atoms with van der Waals surface area (Å²) in [4.78, 5) is 16.3. The van der Waals surface area contributed by atoms with E-state index in [0.29, 0.717) is 17.4 Å². The van der Waals surface area contributed by atoms with Gasteiger partial charge in [0.2, 0.25) is 5.89 Å². The van der Waals surface area contributed by atoms with E-state index < -0.39 is 0 Å². The van der Waals surface area contributed by atoms with E-state index in [0.717, 1.165) is 0 Å². The third-order valence-corrected chi connectivity index (χ3v) is 2.83. The van der Waals surface area contributed by atoms with Gasteiger partial charge in [0.1, 0.15) is 11.7 Å². The summed E-state index contributed by atoms with van der Waals surface area (Å²) in [5, 5.41) is 6.56. The van der Waals surface area contributed by atoms with E-state index >= 15 is 0 Å². The zero-order chi connectivity index (χ0) is 14.0. The fraction of sp³-hybridized carbons (Fsp3) is 0.462. The standard InChI is InChI=1S/C13H18N4O2/c1-8(2)17-7-5-6-11(17)12(18)14-9(3)13-15-10(4)16-19-13/h5-9H,1-4H3,(H,14,18). The van der Waals surface area contributed by atoms with Gasteiger partial charge in [-0.3, -0.25) is 4.79 Å². The summed E-state index contributed by atoms with van der Waals surface area (Å²) in [6, 6.07) is 3.57. The summed E-state index contributed by atoms with van der Waals surface area (Å²) in [7, 11) is 0. The molecule has 0 bridgehead atoms. The fourth-order valence-electron chi connectivity index (χ4n) is 1.86. The minimum absolute atomic E-state index is 0.151. The van der Waals surface area contributed by atoms with Gasteiger partial charge in [0, 0.05) is 12.2 Å². The van der Waals surface area contributed by atoms with Crippen molar-refractivity contribution in [2.75, 3.05) is 0 Å². The van der Waals surface area contributed by atoms with Crippen molar-refractivity contribution in [3.8, 4) is 0 Å². The summed E-state index contributed by atoms with van der Waals surface area (Å²) in [5.41, 5.74) is 0.623. The van der Waals surface area contributed by atoms with E-state index in [1.807, 2.05) is 37.6 Å². The molecule has 6 heteroatoms. The third kappa shape index (κ3) is 2.83. The van der Waals surface area contributed by atoms with Crippen LogP contribution in [0.5, 0.6) is 0 Å². The molecule has 6 nitrogen and oxygen atoms in total. The largest absolute Gasteiger partial charge is 0.341 e. The molecule has 0 saturated heterocycles. The average Bonchev–Trinajstić information content (AvgIpc) is 2.96. The summed E-state index contributed by atoms with van der Waals surface area (Å²) in [5.74, 6) is 0.817. The predicted molar refractivity (Wildman–Crippen MR) is 69.7 cm³/mol. The molecule has 2 aromatic heterocycles. The highest BCUT2D eigenvalue weighted by Gasteiger charge is 2.19. The van der Waals surface area contributed by atoms with Gasteiger partial charge in [-0.15, -0.1) is 0 Å². The van der Waals surface area contributed by atoms with Crippen molar-refractivity contribution in [2.45, 2.75) is 39.8 Å². The lowest BCUT2D eigenvalue weighted by molar-refractivity contribution is 0.0921. The van der Waals surface area contributed by atoms with Crippen LogP contribution in [-0.2, 0) is 0 Å². The van der Waals surface area contributed by atoms with E-state index in [2.05, 4.69) is 15.5 Å². The number of nitrogens with zero attached hydrogens (tertiary/aromatic N) is 3. The highest BCUT2D eigenvalue weighted by Crippen LogP contribution is 2.14. The second kappa shape index (κ2) is 5.26. The monoisotopic (exact) mass is 262 g/mol. The number of hydrogen-bond donors (Lipinski definition) is 1. The normalized spacial score (nSPS) is 12.7. The second-order valence-electron chi connectivity index (χ2n) is 4.77. The summed E-state index contributed by atoms with van der Waals surface area (Å²) < 4.78 is 6.96. The van der Waals surface area contributed by atoms with Gasteiger partial charge >= 0.3 is 0 Å². The predicted octanol–water partition coefficient (Wildman–Crippen LogP) is 2.25. The first-order valence-corrected chi connectivity index (χ1v) is 6.27. The van der Waals surface area contributed by atoms with Gasteiger partial charge in [-0.2, -0.15) is 4.98 Å². The van der Waals surface area contributed by atoms with Gasteiger partial charge in [0.05, 0.1) is 0 Å². The van der Waals surface area contributed by atoms with Crippen LogP contribution in [0, 0.1) is 6.92 Å². The topological polar surface area (TPSA) is 73.0 Å². The maximum Gasteiger partial charge on any atom is 0.268 e. The molecule has 1 atom stereocenters. The Labute approximate surface area is 111 Å². The first-order chi connectivity index (χ1) is 8.99. The Morgan fingerprint density at radius 2 is 2.16 bits per heavy atom. The smallest absolute Gasteiger partial charge is 0.268 e. The Hall–Kier alpha value is -2.11. The highest BCUT2D eigenvalue weighted by molar-refractivity contribution is 5.93. The Morgan fingerprint density at radius 1 is 1.42 bits per heavy atom. The maximum atomic E-state index is 12.2. The van der Waals surface area contributed by atoms with Gasteiger partial charge in [-0.25, -0.2) is 0 Å². The van der Waals surface area contributed by atoms with Gasteiger partial charge in [-0.1, -0.05) is 5.16 Å². The molecule has 0 aliphatic rings. The van der Waals surface area contributed by atoms with Crippen LogP contribution in [0.3, 0.4) is 0 Å². The van der Waals surface area contributed by atoms with Crippen molar-refractivity contribution < 1.29 is 9.32 Å². The molecule has 0 fully saturated rings. The van der Waals surface area contributed by atoms with Crippen molar-refractivity contribution in [2.24, 2.45) is 0 Å². The average molecular weight is 262 g/mol. The van der Waals surface area contributed by atoms with Gasteiger partial charge in [0.15, 0.2) is 5.82 Å². The molecule has 1 amide bonds.